The molecule has 0 aliphatic rings. The number of amides is 2. The van der Waals surface area contributed by atoms with Crippen molar-refractivity contribution in [2.75, 3.05) is 5.32 Å². The van der Waals surface area contributed by atoms with Gasteiger partial charge >= 0.3 is 6.03 Å². The highest BCUT2D eigenvalue weighted by molar-refractivity contribution is 5.89. The fourth-order valence-corrected chi connectivity index (χ4v) is 2.10. The van der Waals surface area contributed by atoms with Gasteiger partial charge in [-0.1, -0.05) is 32.0 Å². The van der Waals surface area contributed by atoms with E-state index in [1.807, 2.05) is 24.3 Å². The molecule has 2 aromatic rings. The third-order valence-corrected chi connectivity index (χ3v) is 3.30. The minimum atomic E-state index is -0.489. The van der Waals surface area contributed by atoms with Gasteiger partial charge in [0, 0.05) is 11.8 Å². The van der Waals surface area contributed by atoms with E-state index in [2.05, 4.69) is 24.5 Å². The number of hydrogen-bond donors (Lipinski definition) is 3. The maximum atomic E-state index is 11.9. The van der Waals surface area contributed by atoms with Gasteiger partial charge in [0.15, 0.2) is 6.23 Å². The largest absolute Gasteiger partial charge is 0.508 e. The summed E-state index contributed by atoms with van der Waals surface area (Å²) in [4.78, 5) is 11.9. The quantitative estimate of drug-likeness (QED) is 0.729. The van der Waals surface area contributed by atoms with Crippen LogP contribution in [0.3, 0.4) is 0 Å². The topological polar surface area (TPSA) is 70.6 Å². The van der Waals surface area contributed by atoms with Gasteiger partial charge in [0.1, 0.15) is 11.5 Å². The van der Waals surface area contributed by atoms with E-state index in [1.165, 1.54) is 17.7 Å². The van der Waals surface area contributed by atoms with Crippen LogP contribution in [-0.2, 0) is 0 Å². The van der Waals surface area contributed by atoms with E-state index in [0.29, 0.717) is 17.4 Å². The number of phenols is 1. The summed E-state index contributed by atoms with van der Waals surface area (Å²) in [6, 6.07) is 13.8. The third kappa shape index (κ3) is 5.21. The number of ether oxygens (including phenoxy) is 1. The van der Waals surface area contributed by atoms with Gasteiger partial charge < -0.3 is 20.5 Å². The Balaban J connectivity index is 1.86. The zero-order valence-corrected chi connectivity index (χ0v) is 13.5. The average molecular weight is 314 g/mol. The third-order valence-electron chi connectivity index (χ3n) is 3.30. The molecule has 3 N–H and O–H groups in total. The lowest BCUT2D eigenvalue weighted by molar-refractivity contribution is 0.183. The molecule has 1 atom stereocenters. The van der Waals surface area contributed by atoms with Crippen molar-refractivity contribution in [3.63, 3.8) is 0 Å². The maximum absolute atomic E-state index is 11.9. The van der Waals surface area contributed by atoms with Crippen LogP contribution in [0.1, 0.15) is 32.3 Å². The molecule has 122 valence electrons. The van der Waals surface area contributed by atoms with Crippen LogP contribution in [0.4, 0.5) is 10.5 Å². The predicted molar refractivity (Wildman–Crippen MR) is 90.9 cm³/mol. The van der Waals surface area contributed by atoms with Crippen molar-refractivity contribution < 1.29 is 14.6 Å². The zero-order chi connectivity index (χ0) is 16.8. The first-order valence-electron chi connectivity index (χ1n) is 7.57. The van der Waals surface area contributed by atoms with Crippen LogP contribution in [0.2, 0.25) is 0 Å². The molecule has 2 amide bonds. The van der Waals surface area contributed by atoms with E-state index >= 15 is 0 Å². The van der Waals surface area contributed by atoms with E-state index in [0.717, 1.165) is 0 Å². The van der Waals surface area contributed by atoms with E-state index < -0.39 is 12.3 Å². The zero-order valence-electron chi connectivity index (χ0n) is 13.5. The number of benzene rings is 2. The number of aromatic hydroxyl groups is 1. The number of carbonyl (C=O) groups excluding carboxylic acids is 1. The minimum absolute atomic E-state index is 0.0948. The number of carbonyl (C=O) groups is 1. The highest BCUT2D eigenvalue weighted by atomic mass is 16.5. The van der Waals surface area contributed by atoms with Gasteiger partial charge in [-0.3, -0.25) is 0 Å². The molecule has 0 aromatic heterocycles. The van der Waals surface area contributed by atoms with Gasteiger partial charge in [-0.05, 0) is 42.7 Å². The molecule has 0 spiro atoms. The van der Waals surface area contributed by atoms with Crippen molar-refractivity contribution in [1.82, 2.24) is 5.32 Å². The molecule has 2 aromatic carbocycles. The molecule has 1 unspecified atom stereocenters. The summed E-state index contributed by atoms with van der Waals surface area (Å²) < 4.78 is 5.66. The lowest BCUT2D eigenvalue weighted by atomic mass is 10.0. The summed E-state index contributed by atoms with van der Waals surface area (Å²) in [5.74, 6) is 1.25. The van der Waals surface area contributed by atoms with Gasteiger partial charge in [0.05, 0.1) is 0 Å². The van der Waals surface area contributed by atoms with Crippen LogP contribution in [0.25, 0.3) is 0 Å². The van der Waals surface area contributed by atoms with Crippen LogP contribution >= 0.6 is 0 Å². The molecule has 5 heteroatoms. The molecular formula is C18H22N2O3. The van der Waals surface area contributed by atoms with Crippen LogP contribution in [0.15, 0.2) is 48.5 Å². The number of rotatable bonds is 5. The van der Waals surface area contributed by atoms with Gasteiger partial charge in [-0.25, -0.2) is 4.79 Å². The Labute approximate surface area is 136 Å². The fourth-order valence-electron chi connectivity index (χ4n) is 2.10. The molecule has 2 rings (SSSR count). The number of anilines is 1. The Morgan fingerprint density at radius 1 is 1.09 bits per heavy atom. The van der Waals surface area contributed by atoms with Crippen LogP contribution in [0, 0.1) is 0 Å². The standard InChI is InChI=1S/C18H22N2O3/c1-12(2)14-7-9-17(10-8-14)23-13(3)19-18(22)20-15-5-4-6-16(21)11-15/h4-13,21H,1-3H3,(H2,19,20,22). The first kappa shape index (κ1) is 16.7. The smallest absolute Gasteiger partial charge is 0.322 e. The molecular weight excluding hydrogens is 292 g/mol. The first-order valence-corrected chi connectivity index (χ1v) is 7.57. The van der Waals surface area contributed by atoms with E-state index in [1.54, 1.807) is 19.1 Å². The average Bonchev–Trinajstić information content (AvgIpc) is 2.47. The molecule has 0 aliphatic heterocycles. The minimum Gasteiger partial charge on any atom is -0.508 e. The van der Waals surface area contributed by atoms with Crippen molar-refractivity contribution in [1.29, 1.82) is 0 Å². The van der Waals surface area contributed by atoms with Gasteiger partial charge in [0.25, 0.3) is 0 Å². The Morgan fingerprint density at radius 3 is 2.39 bits per heavy atom. The summed E-state index contributed by atoms with van der Waals surface area (Å²) in [5, 5.41) is 14.7. The lowest BCUT2D eigenvalue weighted by Gasteiger charge is -2.17. The van der Waals surface area contributed by atoms with Gasteiger partial charge in [0.2, 0.25) is 0 Å². The second-order valence-electron chi connectivity index (χ2n) is 5.63. The molecule has 0 saturated heterocycles. The van der Waals surface area contributed by atoms with Crippen molar-refractivity contribution in [3.05, 3.63) is 54.1 Å². The molecule has 0 fully saturated rings. The normalized spacial score (nSPS) is 11.8. The Bertz CT molecular complexity index is 654. The fraction of sp³-hybridized carbons (Fsp3) is 0.278. The van der Waals surface area contributed by atoms with Gasteiger partial charge in [-0.2, -0.15) is 0 Å². The molecule has 23 heavy (non-hydrogen) atoms. The summed E-state index contributed by atoms with van der Waals surface area (Å²) in [5.41, 5.74) is 1.75. The molecule has 5 nitrogen and oxygen atoms in total. The molecule has 0 radical (unpaired) electrons. The second-order valence-corrected chi connectivity index (χ2v) is 5.63. The number of phenolic OH excluding ortho intramolecular Hbond substituents is 1. The molecule has 0 heterocycles. The summed E-state index contributed by atoms with van der Waals surface area (Å²) in [7, 11) is 0. The highest BCUT2D eigenvalue weighted by Gasteiger charge is 2.09. The van der Waals surface area contributed by atoms with Crippen LogP contribution in [-0.4, -0.2) is 17.4 Å². The Morgan fingerprint density at radius 2 is 1.78 bits per heavy atom. The van der Waals surface area contributed by atoms with Crippen molar-refractivity contribution in [2.45, 2.75) is 32.9 Å². The summed E-state index contributed by atoms with van der Waals surface area (Å²) in [6.07, 6.45) is -0.489. The number of urea groups is 1. The molecule has 0 aliphatic carbocycles. The summed E-state index contributed by atoms with van der Waals surface area (Å²) >= 11 is 0. The SMILES string of the molecule is CC(NC(=O)Nc1cccc(O)c1)Oc1ccc(C(C)C)cc1. The number of nitrogens with one attached hydrogen (secondary N) is 2. The van der Waals surface area contributed by atoms with E-state index in [4.69, 9.17) is 4.74 Å². The predicted octanol–water partition coefficient (Wildman–Crippen LogP) is 4.06. The monoisotopic (exact) mass is 314 g/mol. The highest BCUT2D eigenvalue weighted by Crippen LogP contribution is 2.19. The van der Waals surface area contributed by atoms with Crippen molar-refractivity contribution in [2.24, 2.45) is 0 Å². The van der Waals surface area contributed by atoms with Crippen molar-refractivity contribution >= 4 is 11.7 Å². The maximum Gasteiger partial charge on any atom is 0.322 e. The number of hydrogen-bond acceptors (Lipinski definition) is 3. The van der Waals surface area contributed by atoms with Crippen LogP contribution < -0.4 is 15.4 Å². The van der Waals surface area contributed by atoms with Crippen LogP contribution in [0.5, 0.6) is 11.5 Å². The molecule has 0 saturated carbocycles. The Kier molecular flexibility index (Phi) is 5.46. The van der Waals surface area contributed by atoms with E-state index in [9.17, 15) is 9.90 Å². The second kappa shape index (κ2) is 7.54. The lowest BCUT2D eigenvalue weighted by Crippen LogP contribution is -2.39. The Hall–Kier alpha value is -2.69. The molecule has 0 bridgehead atoms. The van der Waals surface area contributed by atoms with Crippen molar-refractivity contribution in [3.8, 4) is 11.5 Å². The van der Waals surface area contributed by atoms with Gasteiger partial charge in [-0.15, -0.1) is 0 Å². The summed E-state index contributed by atoms with van der Waals surface area (Å²) in [6.45, 7) is 6.01. The first-order chi connectivity index (χ1) is 10.9. The van der Waals surface area contributed by atoms with E-state index in [-0.39, 0.29) is 5.75 Å².